The zero-order chi connectivity index (χ0) is 15.5. The number of hydrogen-bond donors (Lipinski definition) is 1. The third kappa shape index (κ3) is 3.07. The molecule has 1 amide bonds. The molecule has 0 saturated carbocycles. The van der Waals surface area contributed by atoms with Crippen molar-refractivity contribution >= 4 is 27.5 Å². The Balaban J connectivity index is 1.82. The molecule has 1 N–H and O–H groups in total. The topological polar surface area (TPSA) is 59.8 Å². The minimum absolute atomic E-state index is 0.261. The first-order valence-corrected chi connectivity index (χ1v) is 7.48. The standard InChI is InChI=1S/C16H13BrN4O/c1-11-5-4-6-12(9-11)18-16(22)14-10-21(20-19-14)15-8-3-2-7-13(15)17/h2-10H,1H3,(H,18,22). The van der Waals surface area contributed by atoms with Crippen LogP contribution >= 0.6 is 15.9 Å². The summed E-state index contributed by atoms with van der Waals surface area (Å²) < 4.78 is 2.44. The number of carbonyl (C=O) groups excluding carboxylic acids is 1. The number of amides is 1. The Morgan fingerprint density at radius 2 is 2.00 bits per heavy atom. The van der Waals surface area contributed by atoms with Gasteiger partial charge in [0.15, 0.2) is 5.69 Å². The Kier molecular flexibility index (Phi) is 4.02. The minimum atomic E-state index is -0.288. The lowest BCUT2D eigenvalue weighted by Crippen LogP contribution is -2.12. The first-order valence-electron chi connectivity index (χ1n) is 6.69. The Labute approximate surface area is 136 Å². The van der Waals surface area contributed by atoms with Crippen LogP contribution in [0.4, 0.5) is 5.69 Å². The van der Waals surface area contributed by atoms with Gasteiger partial charge in [-0.25, -0.2) is 4.68 Å². The molecule has 5 nitrogen and oxygen atoms in total. The number of rotatable bonds is 3. The van der Waals surface area contributed by atoms with Crippen molar-refractivity contribution in [3.63, 3.8) is 0 Å². The summed E-state index contributed by atoms with van der Waals surface area (Å²) >= 11 is 3.45. The summed E-state index contributed by atoms with van der Waals surface area (Å²) in [5.74, 6) is -0.288. The van der Waals surface area contributed by atoms with Crippen molar-refractivity contribution in [1.29, 1.82) is 0 Å². The highest BCUT2D eigenvalue weighted by atomic mass is 79.9. The van der Waals surface area contributed by atoms with E-state index in [1.165, 1.54) is 0 Å². The van der Waals surface area contributed by atoms with E-state index in [1.54, 1.807) is 10.9 Å². The number of benzene rings is 2. The number of halogens is 1. The van der Waals surface area contributed by atoms with Crippen molar-refractivity contribution in [3.05, 3.63) is 70.5 Å². The number of carbonyl (C=O) groups is 1. The fraction of sp³-hybridized carbons (Fsp3) is 0.0625. The van der Waals surface area contributed by atoms with Crippen molar-refractivity contribution < 1.29 is 4.79 Å². The van der Waals surface area contributed by atoms with E-state index < -0.39 is 0 Å². The quantitative estimate of drug-likeness (QED) is 0.779. The lowest BCUT2D eigenvalue weighted by Gasteiger charge is -2.03. The first kappa shape index (κ1) is 14.5. The Bertz CT molecular complexity index is 828. The van der Waals surface area contributed by atoms with Crippen LogP contribution in [0.15, 0.2) is 59.2 Å². The van der Waals surface area contributed by atoms with E-state index in [9.17, 15) is 4.79 Å². The summed E-state index contributed by atoms with van der Waals surface area (Å²) in [6.07, 6.45) is 1.60. The molecule has 110 valence electrons. The fourth-order valence-corrected chi connectivity index (χ4v) is 2.51. The predicted molar refractivity (Wildman–Crippen MR) is 88.2 cm³/mol. The van der Waals surface area contributed by atoms with Crippen molar-refractivity contribution in [2.45, 2.75) is 6.92 Å². The van der Waals surface area contributed by atoms with Gasteiger partial charge in [-0.3, -0.25) is 4.79 Å². The smallest absolute Gasteiger partial charge is 0.277 e. The molecule has 1 aromatic heterocycles. The zero-order valence-electron chi connectivity index (χ0n) is 11.8. The van der Waals surface area contributed by atoms with E-state index in [2.05, 4.69) is 31.6 Å². The number of nitrogens with one attached hydrogen (secondary N) is 1. The lowest BCUT2D eigenvalue weighted by molar-refractivity contribution is 0.102. The van der Waals surface area contributed by atoms with Crippen LogP contribution in [0.1, 0.15) is 16.1 Å². The largest absolute Gasteiger partial charge is 0.321 e. The second-order valence-electron chi connectivity index (χ2n) is 4.82. The van der Waals surface area contributed by atoms with E-state index in [1.807, 2.05) is 55.5 Å². The monoisotopic (exact) mass is 356 g/mol. The highest BCUT2D eigenvalue weighted by Crippen LogP contribution is 2.19. The summed E-state index contributed by atoms with van der Waals surface area (Å²) in [7, 11) is 0. The summed E-state index contributed by atoms with van der Waals surface area (Å²) in [6.45, 7) is 1.97. The molecule has 0 spiro atoms. The average molecular weight is 357 g/mol. The molecule has 1 heterocycles. The maximum Gasteiger partial charge on any atom is 0.277 e. The van der Waals surface area contributed by atoms with E-state index >= 15 is 0 Å². The van der Waals surface area contributed by atoms with Gasteiger partial charge in [-0.15, -0.1) is 5.10 Å². The molecule has 0 saturated heterocycles. The molecule has 0 fully saturated rings. The Hall–Kier alpha value is -2.47. The van der Waals surface area contributed by atoms with Crippen molar-refractivity contribution in [2.24, 2.45) is 0 Å². The molecule has 3 aromatic rings. The van der Waals surface area contributed by atoms with Crippen LogP contribution in [0.3, 0.4) is 0 Å². The van der Waals surface area contributed by atoms with Crippen molar-refractivity contribution in [3.8, 4) is 5.69 Å². The van der Waals surface area contributed by atoms with Crippen molar-refractivity contribution in [2.75, 3.05) is 5.32 Å². The number of aryl methyl sites for hydroxylation is 1. The van der Waals surface area contributed by atoms with Gasteiger partial charge in [0.2, 0.25) is 0 Å². The molecule has 6 heteroatoms. The molecule has 0 aliphatic heterocycles. The van der Waals surface area contributed by atoms with Gasteiger partial charge in [0.25, 0.3) is 5.91 Å². The Morgan fingerprint density at radius 1 is 1.18 bits per heavy atom. The normalized spacial score (nSPS) is 10.5. The van der Waals surface area contributed by atoms with Gasteiger partial charge < -0.3 is 5.32 Å². The van der Waals surface area contributed by atoms with Crippen LogP contribution in [0.5, 0.6) is 0 Å². The maximum absolute atomic E-state index is 12.2. The second-order valence-corrected chi connectivity index (χ2v) is 5.68. The molecule has 0 radical (unpaired) electrons. The molecule has 0 aliphatic carbocycles. The van der Waals surface area contributed by atoms with Crippen LogP contribution in [-0.2, 0) is 0 Å². The molecule has 22 heavy (non-hydrogen) atoms. The van der Waals surface area contributed by atoms with Gasteiger partial charge in [-0.05, 0) is 52.7 Å². The van der Waals surface area contributed by atoms with Gasteiger partial charge in [-0.1, -0.05) is 29.5 Å². The van der Waals surface area contributed by atoms with E-state index in [-0.39, 0.29) is 11.6 Å². The molecule has 3 rings (SSSR count). The molecule has 0 atom stereocenters. The van der Waals surface area contributed by atoms with Crippen LogP contribution in [-0.4, -0.2) is 20.9 Å². The van der Waals surface area contributed by atoms with Gasteiger partial charge in [-0.2, -0.15) is 0 Å². The Morgan fingerprint density at radius 3 is 2.77 bits per heavy atom. The predicted octanol–water partition coefficient (Wildman–Crippen LogP) is 3.59. The van der Waals surface area contributed by atoms with Gasteiger partial charge >= 0.3 is 0 Å². The van der Waals surface area contributed by atoms with Crippen LogP contribution in [0, 0.1) is 6.92 Å². The molecular formula is C16H13BrN4O. The average Bonchev–Trinajstić information content (AvgIpc) is 2.97. The highest BCUT2D eigenvalue weighted by molar-refractivity contribution is 9.10. The highest BCUT2D eigenvalue weighted by Gasteiger charge is 2.12. The zero-order valence-corrected chi connectivity index (χ0v) is 13.4. The molecule has 0 unspecified atom stereocenters. The maximum atomic E-state index is 12.2. The molecule has 0 aliphatic rings. The van der Waals surface area contributed by atoms with Gasteiger partial charge in [0, 0.05) is 10.2 Å². The summed E-state index contributed by atoms with van der Waals surface area (Å²) in [5.41, 5.74) is 2.90. The first-order chi connectivity index (χ1) is 10.6. The van der Waals surface area contributed by atoms with Gasteiger partial charge in [0.1, 0.15) is 0 Å². The summed E-state index contributed by atoms with van der Waals surface area (Å²) in [5, 5.41) is 10.7. The van der Waals surface area contributed by atoms with E-state index in [0.29, 0.717) is 0 Å². The van der Waals surface area contributed by atoms with Crippen LogP contribution in [0.2, 0.25) is 0 Å². The third-order valence-corrected chi connectivity index (χ3v) is 3.77. The molecular weight excluding hydrogens is 344 g/mol. The minimum Gasteiger partial charge on any atom is -0.321 e. The molecule has 2 aromatic carbocycles. The summed E-state index contributed by atoms with van der Waals surface area (Å²) in [6, 6.07) is 15.2. The number of nitrogens with zero attached hydrogens (tertiary/aromatic N) is 3. The third-order valence-electron chi connectivity index (χ3n) is 3.10. The van der Waals surface area contributed by atoms with E-state index in [0.717, 1.165) is 21.4 Å². The van der Waals surface area contributed by atoms with Gasteiger partial charge in [0.05, 0.1) is 11.9 Å². The SMILES string of the molecule is Cc1cccc(NC(=O)c2cn(-c3ccccc3Br)nn2)c1. The number of anilines is 1. The van der Waals surface area contributed by atoms with Crippen LogP contribution in [0.25, 0.3) is 5.69 Å². The summed E-state index contributed by atoms with van der Waals surface area (Å²) in [4.78, 5) is 12.2. The van der Waals surface area contributed by atoms with Crippen LogP contribution < -0.4 is 5.32 Å². The van der Waals surface area contributed by atoms with E-state index in [4.69, 9.17) is 0 Å². The number of para-hydroxylation sites is 1. The lowest BCUT2D eigenvalue weighted by atomic mass is 10.2. The number of hydrogen-bond acceptors (Lipinski definition) is 3. The number of aromatic nitrogens is 3. The van der Waals surface area contributed by atoms with Crippen molar-refractivity contribution in [1.82, 2.24) is 15.0 Å². The fourth-order valence-electron chi connectivity index (χ4n) is 2.04. The second kappa shape index (κ2) is 6.11. The molecule has 0 bridgehead atoms.